The molecule has 18 heavy (non-hydrogen) atoms. The fraction of sp³-hybridized carbons (Fsp3) is 0.500. The molecule has 0 atom stereocenters. The molecule has 98 valence electrons. The molecule has 1 aromatic carbocycles. The molecule has 1 saturated carbocycles. The van der Waals surface area contributed by atoms with Gasteiger partial charge in [-0.2, -0.15) is 0 Å². The minimum absolute atomic E-state index is 0.0568. The zero-order valence-electron chi connectivity index (χ0n) is 10.5. The van der Waals surface area contributed by atoms with Gasteiger partial charge in [0.2, 0.25) is 0 Å². The van der Waals surface area contributed by atoms with E-state index in [0.717, 1.165) is 23.4 Å². The molecule has 1 amide bonds. The maximum Gasteiger partial charge on any atom is 0.255 e. The summed E-state index contributed by atoms with van der Waals surface area (Å²) < 4.78 is 6.12. The highest BCUT2D eigenvalue weighted by molar-refractivity contribution is 9.10. The van der Waals surface area contributed by atoms with Crippen molar-refractivity contribution >= 4 is 21.8 Å². The molecule has 1 fully saturated rings. The molecule has 0 heterocycles. The minimum atomic E-state index is -0.0568. The Morgan fingerprint density at radius 2 is 2.28 bits per heavy atom. The quantitative estimate of drug-likeness (QED) is 0.905. The van der Waals surface area contributed by atoms with Gasteiger partial charge in [-0.05, 0) is 30.5 Å². The van der Waals surface area contributed by atoms with Crippen LogP contribution in [0.1, 0.15) is 36.0 Å². The molecule has 1 N–H and O–H groups in total. The molecule has 0 radical (unpaired) electrons. The number of methoxy groups -OCH3 is 1. The fourth-order valence-corrected chi connectivity index (χ4v) is 2.46. The van der Waals surface area contributed by atoms with Gasteiger partial charge in [0.15, 0.2) is 0 Å². The molecule has 3 nitrogen and oxygen atoms in total. The first-order chi connectivity index (χ1) is 8.70. The van der Waals surface area contributed by atoms with E-state index in [2.05, 4.69) is 21.2 Å². The summed E-state index contributed by atoms with van der Waals surface area (Å²) in [5.41, 5.74) is 0.592. The highest BCUT2D eigenvalue weighted by atomic mass is 79.9. The summed E-state index contributed by atoms with van der Waals surface area (Å²) in [6.45, 7) is 0.753. The number of benzene rings is 1. The highest BCUT2D eigenvalue weighted by Gasteiger charge is 2.18. The van der Waals surface area contributed by atoms with Crippen molar-refractivity contribution in [2.24, 2.45) is 5.92 Å². The van der Waals surface area contributed by atoms with Crippen molar-refractivity contribution in [2.75, 3.05) is 13.7 Å². The van der Waals surface area contributed by atoms with E-state index in [0.29, 0.717) is 11.3 Å². The Morgan fingerprint density at radius 3 is 2.89 bits per heavy atom. The highest BCUT2D eigenvalue weighted by Crippen LogP contribution is 2.29. The van der Waals surface area contributed by atoms with Crippen LogP contribution in [0.4, 0.5) is 0 Å². The van der Waals surface area contributed by atoms with Crippen LogP contribution in [0.15, 0.2) is 22.7 Å². The second-order valence-electron chi connectivity index (χ2n) is 4.69. The van der Waals surface area contributed by atoms with Gasteiger partial charge in [-0.15, -0.1) is 0 Å². The molecular formula is C14H18BrNO2. The standard InChI is InChI=1S/C14H18BrNO2/c1-18-13-9-11(15)5-6-12(13)14(17)16-8-7-10-3-2-4-10/h5-6,9-10H,2-4,7-8H2,1H3,(H,16,17). The Bertz CT molecular complexity index is 430. The summed E-state index contributed by atoms with van der Waals surface area (Å²) in [5.74, 6) is 1.36. The largest absolute Gasteiger partial charge is 0.496 e. The summed E-state index contributed by atoms with van der Waals surface area (Å²) in [5, 5.41) is 2.96. The lowest BCUT2D eigenvalue weighted by atomic mass is 9.83. The zero-order valence-corrected chi connectivity index (χ0v) is 12.1. The van der Waals surface area contributed by atoms with Crippen LogP contribution in [0.3, 0.4) is 0 Å². The fourth-order valence-electron chi connectivity index (χ4n) is 2.12. The molecule has 0 aliphatic heterocycles. The van der Waals surface area contributed by atoms with Crippen LogP contribution in [-0.2, 0) is 0 Å². The molecule has 0 bridgehead atoms. The van der Waals surface area contributed by atoms with E-state index in [1.54, 1.807) is 19.2 Å². The smallest absolute Gasteiger partial charge is 0.255 e. The number of ether oxygens (including phenoxy) is 1. The van der Waals surface area contributed by atoms with Gasteiger partial charge < -0.3 is 10.1 Å². The number of hydrogen-bond donors (Lipinski definition) is 1. The Hall–Kier alpha value is -1.03. The summed E-state index contributed by atoms with van der Waals surface area (Å²) in [6.07, 6.45) is 5.07. The molecule has 0 spiro atoms. The van der Waals surface area contributed by atoms with E-state index >= 15 is 0 Å². The number of carbonyl (C=O) groups excluding carboxylic acids is 1. The van der Waals surface area contributed by atoms with Crippen LogP contribution < -0.4 is 10.1 Å². The Kier molecular flexibility index (Phi) is 4.64. The van der Waals surface area contributed by atoms with Gasteiger partial charge in [0.05, 0.1) is 12.7 Å². The maximum atomic E-state index is 12.0. The average Bonchev–Trinajstić information content (AvgIpc) is 2.31. The summed E-state index contributed by atoms with van der Waals surface area (Å²) >= 11 is 3.36. The number of carbonyl (C=O) groups is 1. The number of rotatable bonds is 5. The number of halogens is 1. The lowest BCUT2D eigenvalue weighted by Gasteiger charge is -2.25. The number of nitrogens with one attached hydrogen (secondary N) is 1. The molecule has 0 aromatic heterocycles. The van der Waals surface area contributed by atoms with Crippen molar-refractivity contribution in [1.29, 1.82) is 0 Å². The molecule has 4 heteroatoms. The lowest BCUT2D eigenvalue weighted by molar-refractivity contribution is 0.0946. The van der Waals surface area contributed by atoms with Crippen molar-refractivity contribution in [3.05, 3.63) is 28.2 Å². The molecule has 0 unspecified atom stereocenters. The molecule has 1 aliphatic rings. The van der Waals surface area contributed by atoms with Crippen LogP contribution in [-0.4, -0.2) is 19.6 Å². The van der Waals surface area contributed by atoms with Gasteiger partial charge >= 0.3 is 0 Å². The van der Waals surface area contributed by atoms with Gasteiger partial charge in [-0.1, -0.05) is 35.2 Å². The van der Waals surface area contributed by atoms with Gasteiger partial charge in [-0.25, -0.2) is 0 Å². The SMILES string of the molecule is COc1cc(Br)ccc1C(=O)NCCC1CCC1. The molecule has 0 saturated heterocycles. The number of hydrogen-bond acceptors (Lipinski definition) is 2. The first-order valence-electron chi connectivity index (χ1n) is 6.32. The van der Waals surface area contributed by atoms with E-state index < -0.39 is 0 Å². The van der Waals surface area contributed by atoms with E-state index in [1.165, 1.54) is 19.3 Å². The predicted octanol–water partition coefficient (Wildman–Crippen LogP) is 3.38. The molecule has 1 aromatic rings. The summed E-state index contributed by atoms with van der Waals surface area (Å²) in [7, 11) is 1.58. The second kappa shape index (κ2) is 6.23. The van der Waals surface area contributed by atoms with Crippen molar-refractivity contribution in [3.63, 3.8) is 0 Å². The van der Waals surface area contributed by atoms with E-state index in [1.807, 2.05) is 6.07 Å². The Morgan fingerprint density at radius 1 is 1.50 bits per heavy atom. The summed E-state index contributed by atoms with van der Waals surface area (Å²) in [6, 6.07) is 5.44. The van der Waals surface area contributed by atoms with E-state index in [9.17, 15) is 4.79 Å². The summed E-state index contributed by atoms with van der Waals surface area (Å²) in [4.78, 5) is 12.0. The lowest BCUT2D eigenvalue weighted by Crippen LogP contribution is -2.27. The first kappa shape index (κ1) is 13.4. The minimum Gasteiger partial charge on any atom is -0.496 e. The van der Waals surface area contributed by atoms with Crippen molar-refractivity contribution in [2.45, 2.75) is 25.7 Å². The third-order valence-corrected chi connectivity index (χ3v) is 3.96. The molecular weight excluding hydrogens is 294 g/mol. The van der Waals surface area contributed by atoms with E-state index in [4.69, 9.17) is 4.74 Å². The van der Waals surface area contributed by atoms with Crippen LogP contribution >= 0.6 is 15.9 Å². The predicted molar refractivity (Wildman–Crippen MR) is 75.0 cm³/mol. The van der Waals surface area contributed by atoms with Crippen LogP contribution in [0.25, 0.3) is 0 Å². The number of amides is 1. The average molecular weight is 312 g/mol. The van der Waals surface area contributed by atoms with Gasteiger partial charge in [-0.3, -0.25) is 4.79 Å². The third kappa shape index (κ3) is 3.25. The molecule has 1 aliphatic carbocycles. The first-order valence-corrected chi connectivity index (χ1v) is 7.11. The zero-order chi connectivity index (χ0) is 13.0. The second-order valence-corrected chi connectivity index (χ2v) is 5.60. The van der Waals surface area contributed by atoms with Gasteiger partial charge in [0.1, 0.15) is 5.75 Å². The monoisotopic (exact) mass is 311 g/mol. The van der Waals surface area contributed by atoms with Crippen LogP contribution in [0, 0.1) is 5.92 Å². The Labute approximate surface area is 116 Å². The third-order valence-electron chi connectivity index (χ3n) is 3.47. The van der Waals surface area contributed by atoms with Crippen molar-refractivity contribution < 1.29 is 9.53 Å². The normalized spacial score (nSPS) is 15.0. The van der Waals surface area contributed by atoms with Crippen LogP contribution in [0.5, 0.6) is 5.75 Å². The van der Waals surface area contributed by atoms with Crippen molar-refractivity contribution in [1.82, 2.24) is 5.32 Å². The Balaban J connectivity index is 1.90. The topological polar surface area (TPSA) is 38.3 Å². The van der Waals surface area contributed by atoms with Crippen molar-refractivity contribution in [3.8, 4) is 5.75 Å². The van der Waals surface area contributed by atoms with Crippen LogP contribution in [0.2, 0.25) is 0 Å². The van der Waals surface area contributed by atoms with E-state index in [-0.39, 0.29) is 5.91 Å². The maximum absolute atomic E-state index is 12.0. The molecule has 2 rings (SSSR count). The van der Waals surface area contributed by atoms with Gasteiger partial charge in [0.25, 0.3) is 5.91 Å². The van der Waals surface area contributed by atoms with Gasteiger partial charge in [0, 0.05) is 11.0 Å².